The fourth-order valence-electron chi connectivity index (χ4n) is 0.941. The molecular weight excluding hydrogens is 200 g/mol. The van der Waals surface area contributed by atoms with Crippen molar-refractivity contribution in [3.05, 3.63) is 0 Å². The quantitative estimate of drug-likeness (QED) is 0.248. The molecule has 0 aromatic carbocycles. The van der Waals surface area contributed by atoms with E-state index in [1.165, 1.54) is 0 Å². The number of rotatable bonds is 7. The molecule has 0 fully saturated rings. The van der Waals surface area contributed by atoms with E-state index in [4.69, 9.17) is 20.7 Å². The summed E-state index contributed by atoms with van der Waals surface area (Å²) in [7, 11) is 0. The number of hydrogen-bond donors (Lipinski definition) is 4. The molecule has 0 rings (SSSR count). The van der Waals surface area contributed by atoms with Gasteiger partial charge in [0.05, 0.1) is 13.2 Å². The highest BCUT2D eigenvalue weighted by atomic mass is 17.1. The summed E-state index contributed by atoms with van der Waals surface area (Å²) in [5.74, 6) is -6.19. The van der Waals surface area contributed by atoms with Gasteiger partial charge in [0.1, 0.15) is 0 Å². The highest BCUT2D eigenvalue weighted by molar-refractivity contribution is 5.93. The van der Waals surface area contributed by atoms with Crippen LogP contribution in [0.5, 0.6) is 0 Å². The summed E-state index contributed by atoms with van der Waals surface area (Å²) >= 11 is 0. The molecule has 0 saturated heterocycles. The second-order valence-electron chi connectivity index (χ2n) is 2.51. The lowest BCUT2D eigenvalue weighted by molar-refractivity contribution is -0.285. The van der Waals surface area contributed by atoms with E-state index >= 15 is 0 Å². The van der Waals surface area contributed by atoms with E-state index in [0.717, 1.165) is 0 Å². The zero-order chi connectivity index (χ0) is 11.1. The van der Waals surface area contributed by atoms with Crippen LogP contribution in [0, 0.1) is 11.8 Å². The van der Waals surface area contributed by atoms with Gasteiger partial charge in [0.15, 0.2) is 5.92 Å². The van der Waals surface area contributed by atoms with Crippen molar-refractivity contribution >= 4 is 11.9 Å². The molecule has 14 heavy (non-hydrogen) atoms. The molecule has 4 N–H and O–H groups in total. The summed E-state index contributed by atoms with van der Waals surface area (Å²) in [5.41, 5.74) is 0. The first-order chi connectivity index (χ1) is 6.54. The molecule has 0 aromatic heterocycles. The predicted octanol–water partition coefficient (Wildman–Crippen LogP) is -0.633. The Hall–Kier alpha value is -1.22. The van der Waals surface area contributed by atoms with Gasteiger partial charge in [-0.05, 0) is 0 Å². The van der Waals surface area contributed by atoms with Crippen LogP contribution in [-0.4, -0.2) is 45.9 Å². The first kappa shape index (κ1) is 12.8. The number of carbonyl (C=O) groups is 2. The predicted molar refractivity (Wildman–Crippen MR) is 39.4 cm³/mol. The molecule has 0 spiro atoms. The van der Waals surface area contributed by atoms with Crippen LogP contribution in [0.3, 0.4) is 0 Å². The van der Waals surface area contributed by atoms with Gasteiger partial charge in [0.2, 0.25) is 0 Å². The summed E-state index contributed by atoms with van der Waals surface area (Å²) < 4.78 is 0. The summed E-state index contributed by atoms with van der Waals surface area (Å²) in [6.07, 6.45) is 0. The van der Waals surface area contributed by atoms with Crippen molar-refractivity contribution < 1.29 is 40.1 Å². The van der Waals surface area contributed by atoms with Crippen molar-refractivity contribution in [2.45, 2.75) is 0 Å². The van der Waals surface area contributed by atoms with Gasteiger partial charge in [-0.15, -0.1) is 0 Å². The second-order valence-corrected chi connectivity index (χ2v) is 2.51. The van der Waals surface area contributed by atoms with Gasteiger partial charge in [-0.2, -0.15) is 0 Å². The maximum atomic E-state index is 10.5. The van der Waals surface area contributed by atoms with Crippen molar-refractivity contribution in [1.29, 1.82) is 0 Å². The monoisotopic (exact) mass is 210 g/mol. The van der Waals surface area contributed by atoms with Crippen molar-refractivity contribution in [2.75, 3.05) is 13.2 Å². The largest absolute Gasteiger partial charge is 0.481 e. The lowest BCUT2D eigenvalue weighted by atomic mass is 9.94. The number of aliphatic carboxylic acids is 2. The summed E-state index contributed by atoms with van der Waals surface area (Å²) in [6, 6.07) is 0. The van der Waals surface area contributed by atoms with Gasteiger partial charge in [-0.1, -0.05) is 0 Å². The molecule has 0 amide bonds. The minimum atomic E-state index is -1.81. The fraction of sp³-hybridized carbons (Fsp3) is 0.667. The second kappa shape index (κ2) is 6.27. The molecule has 0 heterocycles. The molecule has 0 saturated carbocycles. The normalized spacial score (nSPS) is 10.9. The van der Waals surface area contributed by atoms with Crippen molar-refractivity contribution in [2.24, 2.45) is 11.8 Å². The highest BCUT2D eigenvalue weighted by Gasteiger charge is 2.35. The molecular formula is C6H10O8. The Bertz CT molecular complexity index is 182. The van der Waals surface area contributed by atoms with E-state index in [-0.39, 0.29) is 0 Å². The van der Waals surface area contributed by atoms with Gasteiger partial charge < -0.3 is 10.2 Å². The molecule has 0 aliphatic heterocycles. The smallest absolute Gasteiger partial charge is 0.318 e. The Balaban J connectivity index is 4.54. The fourth-order valence-corrected chi connectivity index (χ4v) is 0.941. The van der Waals surface area contributed by atoms with Crippen LogP contribution in [0.1, 0.15) is 0 Å². The third-order valence-electron chi connectivity index (χ3n) is 1.58. The third-order valence-corrected chi connectivity index (χ3v) is 1.58. The summed E-state index contributed by atoms with van der Waals surface area (Å²) in [4.78, 5) is 28.2. The number of carboxylic acid groups (broad SMARTS) is 2. The molecule has 0 aliphatic carbocycles. The van der Waals surface area contributed by atoms with Crippen LogP contribution in [0.15, 0.2) is 0 Å². The molecule has 0 aromatic rings. The first-order valence-corrected chi connectivity index (χ1v) is 3.53. The summed E-state index contributed by atoms with van der Waals surface area (Å²) in [5, 5.41) is 33.1. The lowest BCUT2D eigenvalue weighted by Gasteiger charge is -2.17. The Morgan fingerprint density at radius 2 is 1.36 bits per heavy atom. The SMILES string of the molecule is O=C(O)C(C(=O)O)C(COO)COO. The van der Waals surface area contributed by atoms with Crippen LogP contribution in [0.2, 0.25) is 0 Å². The van der Waals surface area contributed by atoms with E-state index in [0.29, 0.717) is 0 Å². The molecule has 82 valence electrons. The molecule has 0 atom stereocenters. The maximum absolute atomic E-state index is 10.5. The van der Waals surface area contributed by atoms with Gasteiger partial charge in [0, 0.05) is 5.92 Å². The van der Waals surface area contributed by atoms with Crippen molar-refractivity contribution in [3.8, 4) is 0 Å². The average molecular weight is 210 g/mol. The maximum Gasteiger partial charge on any atom is 0.318 e. The van der Waals surface area contributed by atoms with E-state index < -0.39 is 37.0 Å². The molecule has 8 nitrogen and oxygen atoms in total. The van der Waals surface area contributed by atoms with E-state index in [1.54, 1.807) is 0 Å². The lowest BCUT2D eigenvalue weighted by Crippen LogP contribution is -2.36. The molecule has 8 heteroatoms. The summed E-state index contributed by atoms with van der Waals surface area (Å²) in [6.45, 7) is -1.13. The minimum absolute atomic E-state index is 0.566. The van der Waals surface area contributed by atoms with Crippen molar-refractivity contribution in [1.82, 2.24) is 0 Å². The van der Waals surface area contributed by atoms with Gasteiger partial charge in [0.25, 0.3) is 0 Å². The Kier molecular flexibility index (Phi) is 5.72. The zero-order valence-corrected chi connectivity index (χ0v) is 6.99. The Morgan fingerprint density at radius 1 is 1.00 bits per heavy atom. The Morgan fingerprint density at radius 3 is 1.57 bits per heavy atom. The van der Waals surface area contributed by atoms with E-state index in [9.17, 15) is 9.59 Å². The molecule has 0 bridgehead atoms. The average Bonchev–Trinajstić information content (AvgIpc) is 2.03. The number of hydrogen-bond acceptors (Lipinski definition) is 6. The van der Waals surface area contributed by atoms with Crippen LogP contribution < -0.4 is 0 Å². The van der Waals surface area contributed by atoms with E-state index in [2.05, 4.69) is 9.78 Å². The zero-order valence-electron chi connectivity index (χ0n) is 6.99. The van der Waals surface area contributed by atoms with Crippen LogP contribution >= 0.6 is 0 Å². The first-order valence-electron chi connectivity index (χ1n) is 3.53. The molecule has 0 unspecified atom stereocenters. The number of carboxylic acids is 2. The van der Waals surface area contributed by atoms with Crippen molar-refractivity contribution in [3.63, 3.8) is 0 Å². The third kappa shape index (κ3) is 3.66. The topological polar surface area (TPSA) is 134 Å². The standard InChI is InChI=1S/C6H10O8/c7-5(8)4(6(9)10)3(1-13-11)2-14-12/h3-4,11-12H,1-2H2,(H,7,8)(H,9,10). The van der Waals surface area contributed by atoms with Gasteiger partial charge in [-0.25, -0.2) is 9.78 Å². The Labute approximate surface area is 78.1 Å². The van der Waals surface area contributed by atoms with Crippen LogP contribution in [0.25, 0.3) is 0 Å². The van der Waals surface area contributed by atoms with Gasteiger partial charge in [-0.3, -0.25) is 20.1 Å². The van der Waals surface area contributed by atoms with Crippen LogP contribution in [0.4, 0.5) is 0 Å². The van der Waals surface area contributed by atoms with Gasteiger partial charge >= 0.3 is 11.9 Å². The van der Waals surface area contributed by atoms with E-state index in [1.807, 2.05) is 0 Å². The highest BCUT2D eigenvalue weighted by Crippen LogP contribution is 2.13. The molecule has 0 aliphatic rings. The molecule has 0 radical (unpaired) electrons. The minimum Gasteiger partial charge on any atom is -0.481 e. The van der Waals surface area contributed by atoms with Crippen LogP contribution in [-0.2, 0) is 19.4 Å².